The molecule has 3 rings (SSSR count). The summed E-state index contributed by atoms with van der Waals surface area (Å²) in [6.07, 6.45) is 5.40. The number of hydrogen-bond acceptors (Lipinski definition) is 3. The second kappa shape index (κ2) is 6.67. The van der Waals surface area contributed by atoms with Crippen LogP contribution in [-0.4, -0.2) is 38.2 Å². The molecule has 1 aliphatic carbocycles. The Morgan fingerprint density at radius 1 is 1.33 bits per heavy atom. The number of ether oxygens (including phenoxy) is 1. The molecule has 116 valence electrons. The van der Waals surface area contributed by atoms with E-state index in [0.29, 0.717) is 12.0 Å². The Morgan fingerprint density at radius 3 is 2.76 bits per heavy atom. The summed E-state index contributed by atoms with van der Waals surface area (Å²) in [6.45, 7) is 2.34. The van der Waals surface area contributed by atoms with E-state index in [9.17, 15) is 0 Å². The second-order valence-electron chi connectivity index (χ2n) is 6.27. The van der Waals surface area contributed by atoms with Crippen LogP contribution in [0.4, 0.5) is 0 Å². The molecule has 1 aromatic carbocycles. The minimum Gasteiger partial charge on any atom is -0.496 e. The summed E-state index contributed by atoms with van der Waals surface area (Å²) < 4.78 is 6.44. The van der Waals surface area contributed by atoms with Crippen LogP contribution in [0.25, 0.3) is 0 Å². The molecule has 1 heterocycles. The molecule has 1 saturated heterocycles. The Balaban J connectivity index is 1.90. The Bertz CT molecular complexity index is 488. The van der Waals surface area contributed by atoms with E-state index in [0.717, 1.165) is 22.8 Å². The fourth-order valence-electron chi connectivity index (χ4n) is 3.73. The molecule has 0 amide bonds. The third-order valence-corrected chi connectivity index (χ3v) is 5.41. The zero-order chi connectivity index (χ0) is 14.8. The molecule has 0 bridgehead atoms. The number of rotatable bonds is 5. The van der Waals surface area contributed by atoms with Gasteiger partial charge >= 0.3 is 0 Å². The molecule has 2 unspecified atom stereocenters. The standard InChI is InChI=1S/C17H25BrN2O/c1-19-11-13-4-3-9-20(14-6-7-14)17(13)12-5-8-16(21-2)15(18)10-12/h5,8,10,13-14,17,19H,3-4,6-7,9,11H2,1-2H3. The van der Waals surface area contributed by atoms with E-state index in [1.165, 1.54) is 37.8 Å². The number of piperidine rings is 1. The lowest BCUT2D eigenvalue weighted by molar-refractivity contribution is 0.0844. The summed E-state index contributed by atoms with van der Waals surface area (Å²) in [6, 6.07) is 7.96. The van der Waals surface area contributed by atoms with Gasteiger partial charge in [-0.25, -0.2) is 0 Å². The topological polar surface area (TPSA) is 24.5 Å². The van der Waals surface area contributed by atoms with Crippen molar-refractivity contribution in [2.24, 2.45) is 5.92 Å². The quantitative estimate of drug-likeness (QED) is 0.876. The molecule has 2 fully saturated rings. The first-order valence-corrected chi connectivity index (χ1v) is 8.77. The minimum atomic E-state index is 0.543. The first-order valence-electron chi connectivity index (χ1n) is 7.98. The predicted molar refractivity (Wildman–Crippen MR) is 89.8 cm³/mol. The van der Waals surface area contributed by atoms with Crippen LogP contribution >= 0.6 is 15.9 Å². The van der Waals surface area contributed by atoms with Crippen molar-refractivity contribution < 1.29 is 4.74 Å². The van der Waals surface area contributed by atoms with Gasteiger partial charge in [0.1, 0.15) is 5.75 Å². The SMILES string of the molecule is CNCC1CCCN(C2CC2)C1c1ccc(OC)c(Br)c1. The van der Waals surface area contributed by atoms with Crippen LogP contribution < -0.4 is 10.1 Å². The molecule has 3 nitrogen and oxygen atoms in total. The van der Waals surface area contributed by atoms with Crippen LogP contribution in [0.15, 0.2) is 22.7 Å². The number of hydrogen-bond donors (Lipinski definition) is 1. The lowest BCUT2D eigenvalue weighted by atomic mass is 9.84. The maximum Gasteiger partial charge on any atom is 0.133 e. The fourth-order valence-corrected chi connectivity index (χ4v) is 4.28. The van der Waals surface area contributed by atoms with Gasteiger partial charge in [-0.3, -0.25) is 4.90 Å². The molecule has 1 aliphatic heterocycles. The van der Waals surface area contributed by atoms with Gasteiger partial charge in [-0.1, -0.05) is 6.07 Å². The normalized spacial score (nSPS) is 26.8. The third-order valence-electron chi connectivity index (χ3n) is 4.79. The zero-order valence-electron chi connectivity index (χ0n) is 12.9. The average Bonchev–Trinajstić information content (AvgIpc) is 3.32. The molecule has 1 saturated carbocycles. The van der Waals surface area contributed by atoms with Crippen LogP contribution in [0.5, 0.6) is 5.75 Å². The summed E-state index contributed by atoms with van der Waals surface area (Å²) in [5, 5.41) is 3.39. The maximum absolute atomic E-state index is 5.38. The van der Waals surface area contributed by atoms with Crippen LogP contribution in [0, 0.1) is 5.92 Å². The highest BCUT2D eigenvalue weighted by molar-refractivity contribution is 9.10. The number of nitrogens with zero attached hydrogens (tertiary/aromatic N) is 1. The van der Waals surface area contributed by atoms with Crippen molar-refractivity contribution in [2.75, 3.05) is 27.2 Å². The molecular weight excluding hydrogens is 328 g/mol. The lowest BCUT2D eigenvalue weighted by Crippen LogP contribution is -2.43. The van der Waals surface area contributed by atoms with Crippen molar-refractivity contribution in [3.63, 3.8) is 0 Å². The number of methoxy groups -OCH3 is 1. The average molecular weight is 353 g/mol. The summed E-state index contributed by atoms with van der Waals surface area (Å²) in [5.41, 5.74) is 1.43. The van der Waals surface area contributed by atoms with Crippen molar-refractivity contribution in [3.05, 3.63) is 28.2 Å². The van der Waals surface area contributed by atoms with Gasteiger partial charge < -0.3 is 10.1 Å². The van der Waals surface area contributed by atoms with Gasteiger partial charge in [-0.2, -0.15) is 0 Å². The molecule has 0 aromatic heterocycles. The fraction of sp³-hybridized carbons (Fsp3) is 0.647. The first-order chi connectivity index (χ1) is 10.2. The molecule has 2 aliphatic rings. The number of benzene rings is 1. The number of nitrogens with one attached hydrogen (secondary N) is 1. The van der Waals surface area contributed by atoms with Crippen molar-refractivity contribution in [1.82, 2.24) is 10.2 Å². The molecule has 21 heavy (non-hydrogen) atoms. The largest absolute Gasteiger partial charge is 0.496 e. The third kappa shape index (κ3) is 3.27. The van der Waals surface area contributed by atoms with E-state index in [1.54, 1.807) is 7.11 Å². The van der Waals surface area contributed by atoms with Gasteiger partial charge in [0.05, 0.1) is 11.6 Å². The van der Waals surface area contributed by atoms with Crippen molar-refractivity contribution in [3.8, 4) is 5.75 Å². The van der Waals surface area contributed by atoms with Crippen molar-refractivity contribution in [1.29, 1.82) is 0 Å². The van der Waals surface area contributed by atoms with E-state index in [-0.39, 0.29) is 0 Å². The Morgan fingerprint density at radius 2 is 2.14 bits per heavy atom. The van der Waals surface area contributed by atoms with E-state index in [1.807, 2.05) is 0 Å². The predicted octanol–water partition coefficient (Wildman–Crippen LogP) is 3.59. The van der Waals surface area contributed by atoms with Gasteiger partial charge in [0.2, 0.25) is 0 Å². The van der Waals surface area contributed by atoms with Crippen LogP contribution in [0.1, 0.15) is 37.3 Å². The van der Waals surface area contributed by atoms with Crippen molar-refractivity contribution >= 4 is 15.9 Å². The van der Waals surface area contributed by atoms with Gasteiger partial charge in [0, 0.05) is 12.1 Å². The highest BCUT2D eigenvalue weighted by Crippen LogP contribution is 2.43. The molecule has 2 atom stereocenters. The smallest absolute Gasteiger partial charge is 0.133 e. The van der Waals surface area contributed by atoms with Crippen LogP contribution in [0.3, 0.4) is 0 Å². The lowest BCUT2D eigenvalue weighted by Gasteiger charge is -2.42. The highest BCUT2D eigenvalue weighted by Gasteiger charge is 2.40. The number of halogens is 1. The van der Waals surface area contributed by atoms with Gasteiger partial charge in [0.25, 0.3) is 0 Å². The van der Waals surface area contributed by atoms with Crippen LogP contribution in [0.2, 0.25) is 0 Å². The molecule has 1 N–H and O–H groups in total. The highest BCUT2D eigenvalue weighted by atomic mass is 79.9. The first kappa shape index (κ1) is 15.3. The Kier molecular flexibility index (Phi) is 4.87. The monoisotopic (exact) mass is 352 g/mol. The second-order valence-corrected chi connectivity index (χ2v) is 7.12. The summed E-state index contributed by atoms with van der Waals surface area (Å²) >= 11 is 3.65. The Hall–Kier alpha value is -0.580. The Labute approximate surface area is 136 Å². The van der Waals surface area contributed by atoms with Gasteiger partial charge in [-0.15, -0.1) is 0 Å². The van der Waals surface area contributed by atoms with E-state index < -0.39 is 0 Å². The number of likely N-dealkylation sites (tertiary alicyclic amines) is 1. The maximum atomic E-state index is 5.38. The van der Waals surface area contributed by atoms with E-state index in [2.05, 4.69) is 51.4 Å². The molecule has 0 spiro atoms. The summed E-state index contributed by atoms with van der Waals surface area (Å²) in [7, 11) is 3.79. The summed E-state index contributed by atoms with van der Waals surface area (Å²) in [4.78, 5) is 2.75. The molecule has 1 aromatic rings. The summed E-state index contributed by atoms with van der Waals surface area (Å²) in [5.74, 6) is 1.61. The van der Waals surface area contributed by atoms with Crippen molar-refractivity contribution in [2.45, 2.75) is 37.8 Å². The van der Waals surface area contributed by atoms with Crippen LogP contribution in [-0.2, 0) is 0 Å². The molecule has 0 radical (unpaired) electrons. The van der Waals surface area contributed by atoms with Gasteiger partial charge in [-0.05, 0) is 85.4 Å². The van der Waals surface area contributed by atoms with E-state index in [4.69, 9.17) is 4.74 Å². The minimum absolute atomic E-state index is 0.543. The van der Waals surface area contributed by atoms with E-state index >= 15 is 0 Å². The van der Waals surface area contributed by atoms with Gasteiger partial charge in [0.15, 0.2) is 0 Å². The molecule has 4 heteroatoms. The zero-order valence-corrected chi connectivity index (χ0v) is 14.5. The molecular formula is C17H25BrN2O.